The molecule has 1 aromatic heterocycles. The van der Waals surface area contributed by atoms with Gasteiger partial charge in [0.05, 0.1) is 12.2 Å². The van der Waals surface area contributed by atoms with Crippen molar-refractivity contribution in [2.24, 2.45) is 0 Å². The fourth-order valence-electron chi connectivity index (χ4n) is 2.41. The number of nitrogens with two attached hydrogens (primary N) is 1. The van der Waals surface area contributed by atoms with Crippen molar-refractivity contribution >= 4 is 11.5 Å². The van der Waals surface area contributed by atoms with Crippen molar-refractivity contribution in [3.8, 4) is 5.88 Å². The summed E-state index contributed by atoms with van der Waals surface area (Å²) >= 11 is 0. The minimum atomic E-state index is -0.599. The maximum Gasteiger partial charge on any atom is 0.242 e. The third-order valence-corrected chi connectivity index (χ3v) is 3.63. The lowest BCUT2D eigenvalue weighted by molar-refractivity contribution is 0.0481. The predicted octanol–water partition coefficient (Wildman–Crippen LogP) is 1.59. The summed E-state index contributed by atoms with van der Waals surface area (Å²) in [7, 11) is 0. The van der Waals surface area contributed by atoms with Gasteiger partial charge < -0.3 is 20.5 Å². The van der Waals surface area contributed by atoms with Crippen LogP contribution < -0.4 is 15.4 Å². The van der Waals surface area contributed by atoms with E-state index in [-0.39, 0.29) is 0 Å². The first-order valence-corrected chi connectivity index (χ1v) is 7.24. The normalized spacial score (nSPS) is 23.4. The Balaban J connectivity index is 2.15. The van der Waals surface area contributed by atoms with Gasteiger partial charge in [0.2, 0.25) is 5.88 Å². The molecule has 1 fully saturated rings. The number of aromatic nitrogens is 2. The van der Waals surface area contributed by atoms with Crippen LogP contribution in [0.1, 0.15) is 39.5 Å². The summed E-state index contributed by atoms with van der Waals surface area (Å²) in [4.78, 5) is 10.5. The first-order chi connectivity index (χ1) is 9.53. The number of rotatable bonds is 4. The van der Waals surface area contributed by atoms with Crippen LogP contribution in [0.25, 0.3) is 0 Å². The molecule has 3 N–H and O–H groups in total. The van der Waals surface area contributed by atoms with Crippen molar-refractivity contribution in [3.05, 3.63) is 6.33 Å². The molecule has 1 aliphatic heterocycles. The summed E-state index contributed by atoms with van der Waals surface area (Å²) in [6.45, 7) is 6.09. The second-order valence-electron chi connectivity index (χ2n) is 5.60. The molecule has 112 valence electrons. The number of aliphatic hydroxyl groups is 1. The minimum absolute atomic E-state index is 0.452. The van der Waals surface area contributed by atoms with Crippen molar-refractivity contribution in [2.75, 3.05) is 30.3 Å². The molecule has 6 nitrogen and oxygen atoms in total. The third kappa shape index (κ3) is 3.50. The molecular weight excluding hydrogens is 256 g/mol. The average molecular weight is 280 g/mol. The first-order valence-electron chi connectivity index (χ1n) is 7.24. The SMILES string of the molecule is CCCOc1ncnc(N2CCCC(C)(O)CC2)c1N. The molecular formula is C14H24N4O2. The molecule has 0 bridgehead atoms. The zero-order chi connectivity index (χ0) is 14.6. The van der Waals surface area contributed by atoms with Crippen LogP contribution in [0, 0.1) is 0 Å². The summed E-state index contributed by atoms with van der Waals surface area (Å²) < 4.78 is 5.54. The Morgan fingerprint density at radius 2 is 2.20 bits per heavy atom. The number of ether oxygens (including phenoxy) is 1. The van der Waals surface area contributed by atoms with Gasteiger partial charge in [0.1, 0.15) is 12.0 Å². The van der Waals surface area contributed by atoms with Gasteiger partial charge in [-0.3, -0.25) is 0 Å². The quantitative estimate of drug-likeness (QED) is 0.871. The molecule has 20 heavy (non-hydrogen) atoms. The zero-order valence-corrected chi connectivity index (χ0v) is 12.3. The van der Waals surface area contributed by atoms with Gasteiger partial charge in [0, 0.05) is 13.1 Å². The Labute approximate surface area is 120 Å². The van der Waals surface area contributed by atoms with Gasteiger partial charge in [0.15, 0.2) is 5.82 Å². The lowest BCUT2D eigenvalue weighted by Crippen LogP contribution is -2.29. The Kier molecular flexibility index (Phi) is 4.65. The van der Waals surface area contributed by atoms with Crippen molar-refractivity contribution in [2.45, 2.75) is 45.1 Å². The number of nitrogens with zero attached hydrogens (tertiary/aromatic N) is 3. The highest BCUT2D eigenvalue weighted by Crippen LogP contribution is 2.31. The maximum absolute atomic E-state index is 10.1. The Morgan fingerprint density at radius 1 is 1.40 bits per heavy atom. The van der Waals surface area contributed by atoms with Gasteiger partial charge in [0.25, 0.3) is 0 Å². The molecule has 1 aromatic rings. The molecule has 6 heteroatoms. The van der Waals surface area contributed by atoms with Crippen molar-refractivity contribution in [1.29, 1.82) is 0 Å². The summed E-state index contributed by atoms with van der Waals surface area (Å²) in [5, 5.41) is 10.1. The van der Waals surface area contributed by atoms with Crippen LogP contribution in [0.15, 0.2) is 6.33 Å². The molecule has 0 amide bonds. The summed E-state index contributed by atoms with van der Waals surface area (Å²) in [5.41, 5.74) is 6.01. The molecule has 0 radical (unpaired) electrons. The van der Waals surface area contributed by atoms with Gasteiger partial charge in [-0.1, -0.05) is 6.92 Å². The lowest BCUT2D eigenvalue weighted by Gasteiger charge is -2.24. The highest BCUT2D eigenvalue weighted by molar-refractivity contribution is 5.67. The van der Waals surface area contributed by atoms with E-state index >= 15 is 0 Å². The fourth-order valence-corrected chi connectivity index (χ4v) is 2.41. The van der Waals surface area contributed by atoms with Gasteiger partial charge in [-0.2, -0.15) is 4.98 Å². The molecule has 1 saturated heterocycles. The second kappa shape index (κ2) is 6.26. The topological polar surface area (TPSA) is 84.5 Å². The van der Waals surface area contributed by atoms with E-state index < -0.39 is 5.60 Å². The van der Waals surface area contributed by atoms with Crippen LogP contribution in [0.2, 0.25) is 0 Å². The molecule has 1 unspecified atom stereocenters. The highest BCUT2D eigenvalue weighted by Gasteiger charge is 2.26. The maximum atomic E-state index is 10.1. The van der Waals surface area contributed by atoms with Crippen LogP contribution in [0.3, 0.4) is 0 Å². The number of anilines is 2. The Morgan fingerprint density at radius 3 is 2.95 bits per heavy atom. The fraction of sp³-hybridized carbons (Fsp3) is 0.714. The molecule has 1 atom stereocenters. The summed E-state index contributed by atoms with van der Waals surface area (Å²) in [6.07, 6.45) is 4.82. The number of nitrogen functional groups attached to an aromatic ring is 1. The van der Waals surface area contributed by atoms with Crippen LogP contribution in [0.5, 0.6) is 5.88 Å². The monoisotopic (exact) mass is 280 g/mol. The van der Waals surface area contributed by atoms with Gasteiger partial charge >= 0.3 is 0 Å². The Hall–Kier alpha value is -1.56. The van der Waals surface area contributed by atoms with Gasteiger partial charge in [-0.15, -0.1) is 0 Å². The van der Waals surface area contributed by atoms with Crippen molar-refractivity contribution in [3.63, 3.8) is 0 Å². The van der Waals surface area contributed by atoms with E-state index in [9.17, 15) is 5.11 Å². The van der Waals surface area contributed by atoms with Crippen LogP contribution in [0.4, 0.5) is 11.5 Å². The predicted molar refractivity (Wildman–Crippen MR) is 78.9 cm³/mol. The minimum Gasteiger partial charge on any atom is -0.476 e. The molecule has 0 aromatic carbocycles. The van der Waals surface area contributed by atoms with E-state index in [2.05, 4.69) is 14.9 Å². The van der Waals surface area contributed by atoms with Crippen molar-refractivity contribution < 1.29 is 9.84 Å². The van der Waals surface area contributed by atoms with E-state index in [1.165, 1.54) is 6.33 Å². The number of hydrogen-bond donors (Lipinski definition) is 2. The molecule has 2 heterocycles. The van der Waals surface area contributed by atoms with E-state index in [0.717, 1.165) is 32.4 Å². The summed E-state index contributed by atoms with van der Waals surface area (Å²) in [6, 6.07) is 0. The largest absolute Gasteiger partial charge is 0.476 e. The third-order valence-electron chi connectivity index (χ3n) is 3.63. The standard InChI is InChI=1S/C14H24N4O2/c1-3-9-20-13-11(15)12(16-10-17-13)18-7-4-5-14(2,19)6-8-18/h10,19H,3-9,15H2,1-2H3. The van der Waals surface area contributed by atoms with Crippen LogP contribution >= 0.6 is 0 Å². The van der Waals surface area contributed by atoms with Gasteiger partial charge in [-0.05, 0) is 32.6 Å². The van der Waals surface area contributed by atoms with E-state index in [0.29, 0.717) is 30.4 Å². The van der Waals surface area contributed by atoms with Gasteiger partial charge in [-0.25, -0.2) is 4.98 Å². The molecule has 1 aliphatic rings. The van der Waals surface area contributed by atoms with E-state index in [4.69, 9.17) is 10.5 Å². The van der Waals surface area contributed by atoms with E-state index in [1.807, 2.05) is 13.8 Å². The lowest BCUT2D eigenvalue weighted by atomic mass is 9.98. The first kappa shape index (κ1) is 14.8. The smallest absolute Gasteiger partial charge is 0.242 e. The molecule has 0 saturated carbocycles. The van der Waals surface area contributed by atoms with Crippen molar-refractivity contribution in [1.82, 2.24) is 9.97 Å². The van der Waals surface area contributed by atoms with Crippen LogP contribution in [-0.4, -0.2) is 40.4 Å². The second-order valence-corrected chi connectivity index (χ2v) is 5.60. The number of hydrogen-bond acceptors (Lipinski definition) is 6. The van der Waals surface area contributed by atoms with E-state index in [1.54, 1.807) is 0 Å². The molecule has 0 aliphatic carbocycles. The van der Waals surface area contributed by atoms with Crippen LogP contribution in [-0.2, 0) is 0 Å². The molecule has 2 rings (SSSR count). The summed E-state index contributed by atoms with van der Waals surface area (Å²) in [5.74, 6) is 1.16. The Bertz CT molecular complexity index is 451. The average Bonchev–Trinajstić information content (AvgIpc) is 2.59. The molecule has 0 spiro atoms. The highest BCUT2D eigenvalue weighted by atomic mass is 16.5. The zero-order valence-electron chi connectivity index (χ0n) is 12.3.